The van der Waals surface area contributed by atoms with Crippen LogP contribution in [0.25, 0.3) is 0 Å². The third-order valence-electron chi connectivity index (χ3n) is 5.31. The highest BCUT2D eigenvalue weighted by Crippen LogP contribution is 2.40. The average molecular weight is 357 g/mol. The molecule has 7 heteroatoms. The number of halogens is 3. The number of hydrogen-bond donors (Lipinski definition) is 1. The van der Waals surface area contributed by atoms with Crippen molar-refractivity contribution in [3.05, 3.63) is 29.8 Å². The van der Waals surface area contributed by atoms with E-state index in [1.807, 2.05) is 4.90 Å². The SMILES string of the molecule is O=C(O)C1CC2CCCCC2N1CCOc1ccccc1C(F)(F)F. The Balaban J connectivity index is 1.66. The van der Waals surface area contributed by atoms with Gasteiger partial charge in [-0.15, -0.1) is 0 Å². The molecule has 0 amide bonds. The molecule has 3 atom stereocenters. The van der Waals surface area contributed by atoms with Crippen molar-refractivity contribution >= 4 is 5.97 Å². The molecular weight excluding hydrogens is 335 g/mol. The van der Waals surface area contributed by atoms with Crippen molar-refractivity contribution in [2.45, 2.75) is 50.4 Å². The number of carboxylic acid groups (broad SMARTS) is 1. The maximum Gasteiger partial charge on any atom is 0.419 e. The number of aliphatic carboxylic acids is 1. The third kappa shape index (κ3) is 3.92. The van der Waals surface area contributed by atoms with Gasteiger partial charge in [-0.3, -0.25) is 9.69 Å². The van der Waals surface area contributed by atoms with Crippen molar-refractivity contribution in [3.63, 3.8) is 0 Å². The lowest BCUT2D eigenvalue weighted by Gasteiger charge is -2.32. The molecule has 4 nitrogen and oxygen atoms in total. The second-order valence-electron chi connectivity index (χ2n) is 6.78. The van der Waals surface area contributed by atoms with Gasteiger partial charge in [-0.2, -0.15) is 13.2 Å². The Kier molecular flexibility index (Phi) is 5.22. The van der Waals surface area contributed by atoms with Gasteiger partial charge in [0.05, 0.1) is 5.56 Å². The van der Waals surface area contributed by atoms with Crippen LogP contribution in [-0.2, 0) is 11.0 Å². The summed E-state index contributed by atoms with van der Waals surface area (Å²) in [5.74, 6) is -0.691. The Morgan fingerprint density at radius 3 is 2.68 bits per heavy atom. The highest BCUT2D eigenvalue weighted by molar-refractivity contribution is 5.74. The molecule has 2 fully saturated rings. The van der Waals surface area contributed by atoms with Gasteiger partial charge < -0.3 is 9.84 Å². The van der Waals surface area contributed by atoms with E-state index in [9.17, 15) is 23.1 Å². The van der Waals surface area contributed by atoms with Crippen molar-refractivity contribution < 1.29 is 27.8 Å². The molecule has 25 heavy (non-hydrogen) atoms. The zero-order chi connectivity index (χ0) is 18.0. The van der Waals surface area contributed by atoms with Crippen LogP contribution < -0.4 is 4.74 Å². The van der Waals surface area contributed by atoms with E-state index in [0.717, 1.165) is 31.7 Å². The Morgan fingerprint density at radius 1 is 1.24 bits per heavy atom. The van der Waals surface area contributed by atoms with Crippen LogP contribution in [0, 0.1) is 5.92 Å². The predicted octanol–water partition coefficient (Wildman–Crippen LogP) is 3.80. The van der Waals surface area contributed by atoms with E-state index >= 15 is 0 Å². The quantitative estimate of drug-likeness (QED) is 0.871. The molecule has 138 valence electrons. The molecule has 1 saturated carbocycles. The molecule has 0 spiro atoms. The van der Waals surface area contributed by atoms with Crippen LogP contribution in [-0.4, -0.2) is 41.2 Å². The first-order valence-corrected chi connectivity index (χ1v) is 8.65. The summed E-state index contributed by atoms with van der Waals surface area (Å²) in [5.41, 5.74) is -0.804. The number of hydrogen-bond acceptors (Lipinski definition) is 3. The van der Waals surface area contributed by atoms with Crippen LogP contribution in [0.3, 0.4) is 0 Å². The second kappa shape index (κ2) is 7.23. The summed E-state index contributed by atoms with van der Waals surface area (Å²) in [7, 11) is 0. The van der Waals surface area contributed by atoms with Gasteiger partial charge in [0, 0.05) is 12.6 Å². The van der Waals surface area contributed by atoms with Gasteiger partial charge in [-0.25, -0.2) is 0 Å². The lowest BCUT2D eigenvalue weighted by molar-refractivity contribution is -0.142. The van der Waals surface area contributed by atoms with Gasteiger partial charge in [0.2, 0.25) is 0 Å². The molecule has 0 bridgehead atoms. The monoisotopic (exact) mass is 357 g/mol. The van der Waals surface area contributed by atoms with E-state index in [-0.39, 0.29) is 18.4 Å². The lowest BCUT2D eigenvalue weighted by atomic mass is 9.85. The van der Waals surface area contributed by atoms with Gasteiger partial charge in [0.25, 0.3) is 0 Å². The van der Waals surface area contributed by atoms with E-state index in [0.29, 0.717) is 18.9 Å². The fraction of sp³-hybridized carbons (Fsp3) is 0.611. The zero-order valence-corrected chi connectivity index (χ0v) is 13.8. The van der Waals surface area contributed by atoms with Gasteiger partial charge >= 0.3 is 12.1 Å². The van der Waals surface area contributed by atoms with Gasteiger partial charge in [-0.05, 0) is 37.3 Å². The maximum absolute atomic E-state index is 13.0. The summed E-state index contributed by atoms with van der Waals surface area (Å²) in [5, 5.41) is 9.47. The number of para-hydroxylation sites is 1. The summed E-state index contributed by atoms with van der Waals surface area (Å²) in [6, 6.07) is 4.75. The molecule has 1 aromatic carbocycles. The Hall–Kier alpha value is -1.76. The summed E-state index contributed by atoms with van der Waals surface area (Å²) in [6.07, 6.45) is 0.330. The molecule has 1 aliphatic carbocycles. The minimum absolute atomic E-state index is 0.0418. The van der Waals surface area contributed by atoms with Crippen LogP contribution in [0.15, 0.2) is 24.3 Å². The minimum atomic E-state index is -4.47. The Bertz CT molecular complexity index is 620. The first-order valence-electron chi connectivity index (χ1n) is 8.65. The molecule has 1 aliphatic heterocycles. The van der Waals surface area contributed by atoms with E-state index in [1.54, 1.807) is 0 Å². The minimum Gasteiger partial charge on any atom is -0.492 e. The number of likely N-dealkylation sites (tertiary alicyclic amines) is 1. The van der Waals surface area contributed by atoms with E-state index in [1.165, 1.54) is 18.2 Å². The average Bonchev–Trinajstić information content (AvgIpc) is 2.94. The molecule has 1 saturated heterocycles. The van der Waals surface area contributed by atoms with E-state index < -0.39 is 23.8 Å². The number of carbonyl (C=O) groups is 1. The van der Waals surface area contributed by atoms with Crippen LogP contribution >= 0.6 is 0 Å². The molecule has 3 rings (SSSR count). The molecule has 0 aromatic heterocycles. The number of alkyl halides is 3. The first-order chi connectivity index (χ1) is 11.9. The molecule has 1 heterocycles. The molecule has 3 unspecified atom stereocenters. The predicted molar refractivity (Wildman–Crippen MR) is 85.4 cm³/mol. The fourth-order valence-electron chi connectivity index (χ4n) is 4.20. The number of rotatable bonds is 5. The molecule has 1 aromatic rings. The fourth-order valence-corrected chi connectivity index (χ4v) is 4.20. The third-order valence-corrected chi connectivity index (χ3v) is 5.31. The summed E-state index contributed by atoms with van der Waals surface area (Å²) >= 11 is 0. The van der Waals surface area contributed by atoms with Gasteiger partial charge in [0.1, 0.15) is 18.4 Å². The van der Waals surface area contributed by atoms with Gasteiger partial charge in [-0.1, -0.05) is 25.0 Å². The Morgan fingerprint density at radius 2 is 1.96 bits per heavy atom. The molecule has 1 N–H and O–H groups in total. The highest BCUT2D eigenvalue weighted by atomic mass is 19.4. The van der Waals surface area contributed by atoms with Crippen molar-refractivity contribution in [2.75, 3.05) is 13.2 Å². The summed E-state index contributed by atoms with van der Waals surface area (Å²) < 4.78 is 44.4. The van der Waals surface area contributed by atoms with Crippen LogP contribution in [0.4, 0.5) is 13.2 Å². The number of ether oxygens (including phenoxy) is 1. The molecular formula is C18H22F3NO3. The van der Waals surface area contributed by atoms with Crippen molar-refractivity contribution in [1.29, 1.82) is 0 Å². The zero-order valence-electron chi connectivity index (χ0n) is 13.8. The number of carboxylic acids is 1. The maximum atomic E-state index is 13.0. The van der Waals surface area contributed by atoms with Crippen LogP contribution in [0.2, 0.25) is 0 Å². The molecule has 2 aliphatic rings. The normalized spacial score (nSPS) is 27.1. The summed E-state index contributed by atoms with van der Waals surface area (Å²) in [4.78, 5) is 13.5. The van der Waals surface area contributed by atoms with Crippen LogP contribution in [0.5, 0.6) is 5.75 Å². The van der Waals surface area contributed by atoms with E-state index in [4.69, 9.17) is 4.74 Å². The van der Waals surface area contributed by atoms with E-state index in [2.05, 4.69) is 0 Å². The van der Waals surface area contributed by atoms with Crippen LogP contribution in [0.1, 0.15) is 37.7 Å². The number of nitrogens with zero attached hydrogens (tertiary/aromatic N) is 1. The van der Waals surface area contributed by atoms with Crippen molar-refractivity contribution in [3.8, 4) is 5.75 Å². The number of benzene rings is 1. The van der Waals surface area contributed by atoms with Crippen molar-refractivity contribution in [2.24, 2.45) is 5.92 Å². The van der Waals surface area contributed by atoms with Gasteiger partial charge in [0.15, 0.2) is 0 Å². The first kappa shape index (κ1) is 18.0. The molecule has 0 radical (unpaired) electrons. The second-order valence-corrected chi connectivity index (χ2v) is 6.78. The standard InChI is InChI=1S/C18H22F3NO3/c19-18(20,21)13-6-2-4-8-16(13)25-10-9-22-14-7-3-1-5-12(14)11-15(22)17(23)24/h2,4,6,8,12,14-15H,1,3,5,7,9-11H2,(H,23,24). The smallest absolute Gasteiger partial charge is 0.419 e. The largest absolute Gasteiger partial charge is 0.492 e. The lowest BCUT2D eigenvalue weighted by Crippen LogP contribution is -2.44. The topological polar surface area (TPSA) is 49.8 Å². The summed E-state index contributed by atoms with van der Waals surface area (Å²) in [6.45, 7) is 0.365. The highest BCUT2D eigenvalue weighted by Gasteiger charge is 2.45. The van der Waals surface area contributed by atoms with Crippen molar-refractivity contribution in [1.82, 2.24) is 4.90 Å². The number of fused-ring (bicyclic) bond motifs is 1. The Labute approximate surface area is 144 Å².